The van der Waals surface area contributed by atoms with Crippen molar-refractivity contribution in [1.29, 1.82) is 0 Å². The molecule has 0 amide bonds. The van der Waals surface area contributed by atoms with E-state index in [1.54, 1.807) is 0 Å². The van der Waals surface area contributed by atoms with Gasteiger partial charge in [0.25, 0.3) is 0 Å². The normalized spacial score (nSPS) is 26.0. The Morgan fingerprint density at radius 3 is 2.11 bits per heavy atom. The molecule has 1 fully saturated rings. The van der Waals surface area contributed by atoms with Gasteiger partial charge in [-0.3, -0.25) is 0 Å². The maximum Gasteiger partial charge on any atom is 0.0670 e. The summed E-state index contributed by atoms with van der Waals surface area (Å²) in [6.07, 6.45) is 9.44. The lowest BCUT2D eigenvalue weighted by atomic mass is 10.0. The smallest absolute Gasteiger partial charge is 0.0670 e. The van der Waals surface area contributed by atoms with Crippen LogP contribution in [0.1, 0.15) is 32.1 Å². The summed E-state index contributed by atoms with van der Waals surface area (Å²) in [5.41, 5.74) is 0. The van der Waals surface area contributed by atoms with Crippen molar-refractivity contribution < 1.29 is 0 Å². The number of halogens is 1. The zero-order valence-electron chi connectivity index (χ0n) is 5.82. The van der Waals surface area contributed by atoms with Crippen LogP contribution in [0.4, 0.5) is 0 Å². The molecule has 0 aromatic carbocycles. The molecule has 0 N–H and O–H groups in total. The van der Waals surface area contributed by atoms with Crippen molar-refractivity contribution in [3.05, 3.63) is 0 Å². The molecule has 0 nitrogen and oxygen atoms in total. The summed E-state index contributed by atoms with van der Waals surface area (Å²) in [5.74, 6) is 0. The Morgan fingerprint density at radius 1 is 1.22 bits per heavy atom. The fourth-order valence-electron chi connectivity index (χ4n) is 1.28. The first-order chi connectivity index (χ1) is 4.27. The van der Waals surface area contributed by atoms with Crippen molar-refractivity contribution >= 4 is 34.4 Å². The van der Waals surface area contributed by atoms with Gasteiger partial charge in [-0.1, -0.05) is 41.9 Å². The largest absolute Gasteiger partial charge is 0.148 e. The lowest BCUT2D eigenvalue weighted by Gasteiger charge is -2.29. The van der Waals surface area contributed by atoms with Crippen LogP contribution in [0.5, 0.6) is 0 Å². The highest BCUT2D eigenvalue weighted by molar-refractivity contribution is 14.1. The summed E-state index contributed by atoms with van der Waals surface area (Å²) >= 11 is 4.65. The van der Waals surface area contributed by atoms with Crippen LogP contribution in [-0.4, -0.2) is 9.01 Å². The molecule has 0 bridgehead atoms. The standard InChI is InChI=1S/C7H13IS/c1-9-7(8)5-3-2-4-6-7/h2-6H2,1H3. The van der Waals surface area contributed by atoms with Crippen molar-refractivity contribution in [2.24, 2.45) is 0 Å². The summed E-state index contributed by atoms with van der Waals surface area (Å²) < 4.78 is 0.607. The van der Waals surface area contributed by atoms with Gasteiger partial charge in [0, 0.05) is 0 Å². The molecule has 54 valence electrons. The first-order valence-corrected chi connectivity index (χ1v) is 5.81. The van der Waals surface area contributed by atoms with Crippen molar-refractivity contribution in [3.63, 3.8) is 0 Å². The minimum Gasteiger partial charge on any atom is -0.148 e. The van der Waals surface area contributed by atoms with E-state index in [1.807, 2.05) is 11.8 Å². The molecule has 1 saturated carbocycles. The molecule has 1 rings (SSSR count). The highest BCUT2D eigenvalue weighted by Crippen LogP contribution is 2.43. The molecule has 0 radical (unpaired) electrons. The van der Waals surface area contributed by atoms with Gasteiger partial charge in [-0.15, -0.1) is 11.8 Å². The third-order valence-electron chi connectivity index (χ3n) is 1.97. The number of rotatable bonds is 1. The van der Waals surface area contributed by atoms with E-state index >= 15 is 0 Å². The van der Waals surface area contributed by atoms with E-state index in [0.717, 1.165) is 0 Å². The predicted octanol–water partition coefficient (Wildman–Crippen LogP) is 3.44. The van der Waals surface area contributed by atoms with Crippen LogP contribution in [0.15, 0.2) is 0 Å². The SMILES string of the molecule is CSC1(I)CCCCC1. The minimum absolute atomic E-state index is 0.607. The van der Waals surface area contributed by atoms with Crippen LogP contribution in [0.25, 0.3) is 0 Å². The molecule has 1 aliphatic carbocycles. The Labute approximate surface area is 75.3 Å². The molecule has 0 heterocycles. The molecule has 0 atom stereocenters. The fourth-order valence-corrected chi connectivity index (χ4v) is 2.74. The van der Waals surface area contributed by atoms with Crippen LogP contribution in [0.2, 0.25) is 0 Å². The lowest BCUT2D eigenvalue weighted by Crippen LogP contribution is -2.18. The van der Waals surface area contributed by atoms with E-state index in [0.29, 0.717) is 2.75 Å². The Morgan fingerprint density at radius 2 is 1.78 bits per heavy atom. The summed E-state index contributed by atoms with van der Waals surface area (Å²) in [7, 11) is 0. The van der Waals surface area contributed by atoms with E-state index in [9.17, 15) is 0 Å². The molecule has 0 aromatic rings. The maximum atomic E-state index is 2.62. The van der Waals surface area contributed by atoms with E-state index in [1.165, 1.54) is 32.1 Å². The zero-order valence-corrected chi connectivity index (χ0v) is 8.80. The molecular weight excluding hydrogens is 243 g/mol. The second kappa shape index (κ2) is 3.46. The van der Waals surface area contributed by atoms with E-state index in [4.69, 9.17) is 0 Å². The Kier molecular flexibility index (Phi) is 3.15. The van der Waals surface area contributed by atoms with E-state index in [-0.39, 0.29) is 0 Å². The van der Waals surface area contributed by atoms with Crippen LogP contribution in [-0.2, 0) is 0 Å². The van der Waals surface area contributed by atoms with Crippen molar-refractivity contribution in [3.8, 4) is 0 Å². The molecule has 0 saturated heterocycles. The molecule has 2 heteroatoms. The summed E-state index contributed by atoms with van der Waals surface area (Å²) in [6, 6.07) is 0. The zero-order chi connectivity index (χ0) is 6.74. The van der Waals surface area contributed by atoms with Gasteiger partial charge < -0.3 is 0 Å². The second-order valence-electron chi connectivity index (χ2n) is 2.65. The molecule has 0 aromatic heterocycles. The van der Waals surface area contributed by atoms with Gasteiger partial charge in [-0.25, -0.2) is 0 Å². The van der Waals surface area contributed by atoms with E-state index in [2.05, 4.69) is 28.8 Å². The van der Waals surface area contributed by atoms with Gasteiger partial charge >= 0.3 is 0 Å². The molecule has 0 unspecified atom stereocenters. The van der Waals surface area contributed by atoms with Crippen molar-refractivity contribution in [2.45, 2.75) is 34.9 Å². The summed E-state index contributed by atoms with van der Waals surface area (Å²) in [6.45, 7) is 0. The molecule has 9 heavy (non-hydrogen) atoms. The van der Waals surface area contributed by atoms with Crippen LogP contribution in [0.3, 0.4) is 0 Å². The Balaban J connectivity index is 2.37. The highest BCUT2D eigenvalue weighted by atomic mass is 127. The van der Waals surface area contributed by atoms with Gasteiger partial charge in [-0.05, 0) is 19.1 Å². The second-order valence-corrected chi connectivity index (χ2v) is 6.63. The van der Waals surface area contributed by atoms with Crippen molar-refractivity contribution in [2.75, 3.05) is 6.26 Å². The van der Waals surface area contributed by atoms with Crippen LogP contribution in [0, 0.1) is 0 Å². The van der Waals surface area contributed by atoms with Crippen LogP contribution >= 0.6 is 34.4 Å². The van der Waals surface area contributed by atoms with Gasteiger partial charge in [-0.2, -0.15) is 0 Å². The molecular formula is C7H13IS. The number of hydrogen-bond acceptors (Lipinski definition) is 1. The van der Waals surface area contributed by atoms with Crippen LogP contribution < -0.4 is 0 Å². The molecule has 0 aliphatic heterocycles. The van der Waals surface area contributed by atoms with E-state index < -0.39 is 0 Å². The predicted molar refractivity (Wildman–Crippen MR) is 53.4 cm³/mol. The van der Waals surface area contributed by atoms with Gasteiger partial charge in [0.15, 0.2) is 0 Å². The molecule has 0 spiro atoms. The lowest BCUT2D eigenvalue weighted by molar-refractivity contribution is 0.505. The minimum atomic E-state index is 0.607. The highest BCUT2D eigenvalue weighted by Gasteiger charge is 2.26. The maximum absolute atomic E-state index is 2.62. The topological polar surface area (TPSA) is 0 Å². The summed E-state index contributed by atoms with van der Waals surface area (Å²) in [4.78, 5) is 0. The van der Waals surface area contributed by atoms with Gasteiger partial charge in [0.2, 0.25) is 0 Å². The fraction of sp³-hybridized carbons (Fsp3) is 1.00. The first kappa shape index (κ1) is 8.18. The summed E-state index contributed by atoms with van der Waals surface area (Å²) in [5, 5.41) is 0. The van der Waals surface area contributed by atoms with Gasteiger partial charge in [0.1, 0.15) is 0 Å². The van der Waals surface area contributed by atoms with Gasteiger partial charge in [0.05, 0.1) is 2.75 Å². The quantitative estimate of drug-likeness (QED) is 0.511. The Hall–Kier alpha value is 1.08. The number of alkyl halides is 1. The third-order valence-corrected chi connectivity index (χ3v) is 5.51. The number of hydrogen-bond donors (Lipinski definition) is 0. The Bertz CT molecular complexity index is 86.9. The average Bonchev–Trinajstić information content (AvgIpc) is 1.90. The monoisotopic (exact) mass is 256 g/mol. The van der Waals surface area contributed by atoms with Crippen molar-refractivity contribution in [1.82, 2.24) is 0 Å². The molecule has 1 aliphatic rings. The average molecular weight is 256 g/mol. The third kappa shape index (κ3) is 2.30. The number of thioether (sulfide) groups is 1. The first-order valence-electron chi connectivity index (χ1n) is 3.51.